The van der Waals surface area contributed by atoms with Crippen molar-refractivity contribution in [2.75, 3.05) is 10.6 Å². The highest BCUT2D eigenvalue weighted by atomic mass is 35.5. The Kier molecular flexibility index (Phi) is 4.85. The summed E-state index contributed by atoms with van der Waals surface area (Å²) in [7, 11) is 1.70. The molecular weight excluding hydrogens is 328 g/mol. The maximum atomic E-state index is 12.3. The third kappa shape index (κ3) is 3.76. The third-order valence-electron chi connectivity index (χ3n) is 4.19. The minimum absolute atomic E-state index is 0.000148. The van der Waals surface area contributed by atoms with Crippen molar-refractivity contribution in [3.8, 4) is 0 Å². The monoisotopic (exact) mass is 346 g/mol. The number of halogens is 1. The molecule has 126 valence electrons. The van der Waals surface area contributed by atoms with Crippen molar-refractivity contribution in [1.82, 2.24) is 9.78 Å². The van der Waals surface area contributed by atoms with Crippen molar-refractivity contribution in [2.45, 2.75) is 25.7 Å². The van der Waals surface area contributed by atoms with Crippen molar-refractivity contribution in [1.29, 1.82) is 0 Å². The first-order valence-electron chi connectivity index (χ1n) is 7.95. The summed E-state index contributed by atoms with van der Waals surface area (Å²) in [5.41, 5.74) is 0.876. The lowest BCUT2D eigenvalue weighted by Crippen LogP contribution is -2.21. The number of hydrogen-bond donors (Lipinski definition) is 2. The van der Waals surface area contributed by atoms with Gasteiger partial charge in [0.2, 0.25) is 5.91 Å². The van der Waals surface area contributed by atoms with Gasteiger partial charge >= 0.3 is 0 Å². The van der Waals surface area contributed by atoms with Crippen LogP contribution in [0.25, 0.3) is 0 Å². The number of nitrogens with one attached hydrogen (secondary N) is 2. The number of benzene rings is 1. The van der Waals surface area contributed by atoms with E-state index in [1.807, 2.05) is 0 Å². The fourth-order valence-corrected chi connectivity index (χ4v) is 2.97. The van der Waals surface area contributed by atoms with E-state index in [1.54, 1.807) is 37.4 Å². The molecule has 1 saturated carbocycles. The molecule has 1 aromatic heterocycles. The molecule has 7 heteroatoms. The van der Waals surface area contributed by atoms with Crippen molar-refractivity contribution in [2.24, 2.45) is 13.0 Å². The molecule has 3 rings (SSSR count). The van der Waals surface area contributed by atoms with E-state index in [-0.39, 0.29) is 23.4 Å². The van der Waals surface area contributed by atoms with E-state index < -0.39 is 0 Å². The number of aromatic nitrogens is 2. The standard InChI is InChI=1S/C17H19ClN4O2/c1-22-15(20-16(23)11-4-2-3-5-11)10-14(21-22)17(24)19-13-8-6-12(18)7-9-13/h6-11H,2-5H2,1H3,(H,19,24)(H,20,23). The number of carbonyl (C=O) groups is 2. The summed E-state index contributed by atoms with van der Waals surface area (Å²) >= 11 is 5.82. The molecule has 0 saturated heterocycles. The zero-order chi connectivity index (χ0) is 17.1. The highest BCUT2D eigenvalue weighted by molar-refractivity contribution is 6.30. The van der Waals surface area contributed by atoms with Crippen LogP contribution in [0.15, 0.2) is 30.3 Å². The van der Waals surface area contributed by atoms with Gasteiger partial charge < -0.3 is 10.6 Å². The van der Waals surface area contributed by atoms with Crippen LogP contribution in [0.1, 0.15) is 36.2 Å². The van der Waals surface area contributed by atoms with Gasteiger partial charge in [0, 0.05) is 29.7 Å². The number of anilines is 2. The molecule has 2 aromatic rings. The highest BCUT2D eigenvalue weighted by Gasteiger charge is 2.24. The number of nitrogens with zero attached hydrogens (tertiary/aromatic N) is 2. The lowest BCUT2D eigenvalue weighted by molar-refractivity contribution is -0.119. The second kappa shape index (κ2) is 7.05. The molecule has 0 atom stereocenters. The number of hydrogen-bond acceptors (Lipinski definition) is 3. The molecule has 1 heterocycles. The van der Waals surface area contributed by atoms with Gasteiger partial charge in [0.15, 0.2) is 5.69 Å². The van der Waals surface area contributed by atoms with Crippen molar-refractivity contribution in [3.63, 3.8) is 0 Å². The molecule has 0 radical (unpaired) electrons. The van der Waals surface area contributed by atoms with E-state index in [0.29, 0.717) is 16.5 Å². The van der Waals surface area contributed by atoms with E-state index in [9.17, 15) is 9.59 Å². The average Bonchev–Trinajstić information content (AvgIpc) is 3.20. The normalized spacial score (nSPS) is 14.6. The summed E-state index contributed by atoms with van der Waals surface area (Å²) in [6.45, 7) is 0. The van der Waals surface area contributed by atoms with Gasteiger partial charge in [-0.15, -0.1) is 0 Å². The molecule has 1 aromatic carbocycles. The van der Waals surface area contributed by atoms with Gasteiger partial charge in [-0.25, -0.2) is 0 Å². The van der Waals surface area contributed by atoms with E-state index in [0.717, 1.165) is 25.7 Å². The quantitative estimate of drug-likeness (QED) is 0.890. The van der Waals surface area contributed by atoms with Crippen LogP contribution in [0.5, 0.6) is 0 Å². The highest BCUT2D eigenvalue weighted by Crippen LogP contribution is 2.26. The van der Waals surface area contributed by atoms with Gasteiger partial charge in [-0.1, -0.05) is 24.4 Å². The van der Waals surface area contributed by atoms with Crippen molar-refractivity contribution in [3.05, 3.63) is 41.0 Å². The topological polar surface area (TPSA) is 76.0 Å². The lowest BCUT2D eigenvalue weighted by Gasteiger charge is -2.09. The Morgan fingerprint density at radius 1 is 1.17 bits per heavy atom. The van der Waals surface area contributed by atoms with Crippen LogP contribution >= 0.6 is 11.6 Å². The van der Waals surface area contributed by atoms with Gasteiger partial charge in [-0.3, -0.25) is 14.3 Å². The predicted octanol–water partition coefficient (Wildman–Crippen LogP) is 3.45. The fraction of sp³-hybridized carbons (Fsp3) is 0.353. The third-order valence-corrected chi connectivity index (χ3v) is 4.44. The summed E-state index contributed by atoms with van der Waals surface area (Å²) in [6.07, 6.45) is 4.04. The van der Waals surface area contributed by atoms with E-state index >= 15 is 0 Å². The van der Waals surface area contributed by atoms with Crippen LogP contribution in [-0.2, 0) is 11.8 Å². The number of rotatable bonds is 4. The minimum atomic E-state index is -0.339. The molecule has 2 N–H and O–H groups in total. The van der Waals surface area contributed by atoms with Gasteiger partial charge in [-0.05, 0) is 37.1 Å². The van der Waals surface area contributed by atoms with Gasteiger partial charge in [-0.2, -0.15) is 5.10 Å². The van der Waals surface area contributed by atoms with E-state index in [1.165, 1.54) is 4.68 Å². The lowest BCUT2D eigenvalue weighted by atomic mass is 10.1. The van der Waals surface area contributed by atoms with Gasteiger partial charge in [0.05, 0.1) is 0 Å². The SMILES string of the molecule is Cn1nc(C(=O)Nc2ccc(Cl)cc2)cc1NC(=O)C1CCCC1. The maximum Gasteiger partial charge on any atom is 0.276 e. The van der Waals surface area contributed by atoms with Crippen LogP contribution in [0.2, 0.25) is 5.02 Å². The van der Waals surface area contributed by atoms with Gasteiger partial charge in [0.1, 0.15) is 5.82 Å². The Morgan fingerprint density at radius 3 is 2.50 bits per heavy atom. The smallest absolute Gasteiger partial charge is 0.276 e. The van der Waals surface area contributed by atoms with Gasteiger partial charge in [0.25, 0.3) is 5.91 Å². The molecule has 1 aliphatic rings. The molecule has 0 spiro atoms. The van der Waals surface area contributed by atoms with Crippen LogP contribution in [0.4, 0.5) is 11.5 Å². The summed E-state index contributed by atoms with van der Waals surface area (Å²) in [4.78, 5) is 24.5. The van der Waals surface area contributed by atoms with E-state index in [4.69, 9.17) is 11.6 Å². The van der Waals surface area contributed by atoms with Crippen LogP contribution in [-0.4, -0.2) is 21.6 Å². The first-order valence-corrected chi connectivity index (χ1v) is 8.32. The summed E-state index contributed by atoms with van der Waals surface area (Å²) in [6, 6.07) is 8.40. The summed E-state index contributed by atoms with van der Waals surface area (Å²) < 4.78 is 1.50. The molecule has 1 fully saturated rings. The first kappa shape index (κ1) is 16.5. The minimum Gasteiger partial charge on any atom is -0.321 e. The molecule has 24 heavy (non-hydrogen) atoms. The molecule has 2 amide bonds. The van der Waals surface area contributed by atoms with Crippen LogP contribution in [0.3, 0.4) is 0 Å². The Bertz CT molecular complexity index is 748. The fourth-order valence-electron chi connectivity index (χ4n) is 2.84. The average molecular weight is 347 g/mol. The van der Waals surface area contributed by atoms with E-state index in [2.05, 4.69) is 15.7 Å². The molecule has 0 unspecified atom stereocenters. The Morgan fingerprint density at radius 2 is 1.83 bits per heavy atom. The molecule has 0 aliphatic heterocycles. The Labute approximate surface area is 145 Å². The molecular formula is C17H19ClN4O2. The summed E-state index contributed by atoms with van der Waals surface area (Å²) in [5.74, 6) is 0.244. The van der Waals surface area contributed by atoms with Crippen molar-refractivity contribution < 1.29 is 9.59 Å². The molecule has 0 bridgehead atoms. The Hall–Kier alpha value is -2.34. The zero-order valence-corrected chi connectivity index (χ0v) is 14.1. The van der Waals surface area contributed by atoms with Crippen LogP contribution in [0, 0.1) is 5.92 Å². The number of aryl methyl sites for hydroxylation is 1. The van der Waals surface area contributed by atoms with Crippen molar-refractivity contribution >= 4 is 34.9 Å². The van der Waals surface area contributed by atoms with Crippen LogP contribution < -0.4 is 10.6 Å². The number of amides is 2. The molecule has 1 aliphatic carbocycles. The second-order valence-electron chi connectivity index (χ2n) is 5.97. The largest absolute Gasteiger partial charge is 0.321 e. The zero-order valence-electron chi connectivity index (χ0n) is 13.4. The second-order valence-corrected chi connectivity index (χ2v) is 6.41. The Balaban J connectivity index is 1.67. The number of carbonyl (C=O) groups excluding carboxylic acids is 2. The molecule has 6 nitrogen and oxygen atoms in total. The first-order chi connectivity index (χ1) is 11.5. The maximum absolute atomic E-state index is 12.3. The predicted molar refractivity (Wildman–Crippen MR) is 93.2 cm³/mol. The summed E-state index contributed by atoms with van der Waals surface area (Å²) in [5, 5.41) is 10.4.